The second-order valence-electron chi connectivity index (χ2n) is 8.45. The van der Waals surface area contributed by atoms with Gasteiger partial charge in [0.1, 0.15) is 0 Å². The summed E-state index contributed by atoms with van der Waals surface area (Å²) in [5, 5.41) is 13.4. The third-order valence-electron chi connectivity index (χ3n) is 6.15. The molecular formula is C23H22F3N5O. The summed E-state index contributed by atoms with van der Waals surface area (Å²) >= 11 is 0. The van der Waals surface area contributed by atoms with Gasteiger partial charge in [-0.2, -0.15) is 18.3 Å². The van der Waals surface area contributed by atoms with Crippen LogP contribution in [-0.4, -0.2) is 19.3 Å². The first-order valence-corrected chi connectivity index (χ1v) is 10.5. The molecule has 1 atom stereocenters. The van der Waals surface area contributed by atoms with Gasteiger partial charge in [-0.15, -0.1) is 5.10 Å². The van der Waals surface area contributed by atoms with E-state index in [0.717, 1.165) is 46.8 Å². The number of halogens is 3. The maximum atomic E-state index is 13.1. The second-order valence-corrected chi connectivity index (χ2v) is 8.45. The third kappa shape index (κ3) is 3.32. The van der Waals surface area contributed by atoms with Gasteiger partial charge in [-0.05, 0) is 56.5 Å². The highest BCUT2D eigenvalue weighted by atomic mass is 19.4. The monoisotopic (exact) mass is 441 g/mol. The fourth-order valence-electron chi connectivity index (χ4n) is 4.20. The molecule has 1 aliphatic rings. The predicted octanol–water partition coefficient (Wildman–Crippen LogP) is 5.12. The Hall–Kier alpha value is -3.36. The lowest BCUT2D eigenvalue weighted by Gasteiger charge is -2.18. The average molecular weight is 441 g/mol. The SMILES string of the molecule is Cc1nnc(N[C@H](C)c2cccc(C(F)(F)F)c2)c2cc3c(cc12)n(C)c(=O)n3C1CC1. The van der Waals surface area contributed by atoms with Gasteiger partial charge in [0.25, 0.3) is 0 Å². The Bertz CT molecular complexity index is 1420. The molecule has 5 rings (SSSR count). The van der Waals surface area contributed by atoms with Crippen molar-refractivity contribution >= 4 is 27.6 Å². The number of benzene rings is 2. The number of nitrogens with one attached hydrogen (secondary N) is 1. The molecule has 6 nitrogen and oxygen atoms in total. The zero-order valence-electron chi connectivity index (χ0n) is 17.9. The Morgan fingerprint density at radius 3 is 2.50 bits per heavy atom. The van der Waals surface area contributed by atoms with Crippen LogP contribution in [0.5, 0.6) is 0 Å². The number of hydrogen-bond acceptors (Lipinski definition) is 4. The van der Waals surface area contributed by atoms with Crippen LogP contribution >= 0.6 is 0 Å². The second kappa shape index (κ2) is 7.08. The van der Waals surface area contributed by atoms with Crippen molar-refractivity contribution in [1.29, 1.82) is 0 Å². The van der Waals surface area contributed by atoms with Crippen LogP contribution < -0.4 is 11.0 Å². The van der Waals surface area contributed by atoms with Crippen molar-refractivity contribution in [2.45, 2.75) is 44.9 Å². The number of fused-ring (bicyclic) bond motifs is 2. The van der Waals surface area contributed by atoms with Gasteiger partial charge in [0, 0.05) is 23.9 Å². The maximum Gasteiger partial charge on any atom is 0.416 e. The molecule has 0 spiro atoms. The molecular weight excluding hydrogens is 419 g/mol. The van der Waals surface area contributed by atoms with Crippen LogP contribution in [0.25, 0.3) is 21.8 Å². The van der Waals surface area contributed by atoms with Gasteiger partial charge in [-0.1, -0.05) is 12.1 Å². The molecule has 4 aromatic rings. The number of hydrogen-bond donors (Lipinski definition) is 1. The van der Waals surface area contributed by atoms with E-state index in [2.05, 4.69) is 15.5 Å². The lowest BCUT2D eigenvalue weighted by molar-refractivity contribution is -0.137. The summed E-state index contributed by atoms with van der Waals surface area (Å²) in [6.45, 7) is 3.63. The summed E-state index contributed by atoms with van der Waals surface area (Å²) in [6.07, 6.45) is -2.46. The molecule has 1 fully saturated rings. The standard InChI is InChI=1S/C23H22F3N5O/c1-12(14-5-4-6-15(9-14)23(24,25)26)27-21-18-11-20-19(10-17(18)13(2)28-29-21)30(3)22(32)31(20)16-7-8-16/h4-6,9-12,16H,7-8H2,1-3H3,(H,27,29)/t12-/m1/s1. The first-order chi connectivity index (χ1) is 15.1. The molecule has 32 heavy (non-hydrogen) atoms. The minimum absolute atomic E-state index is 0.0526. The summed E-state index contributed by atoms with van der Waals surface area (Å²) in [5.74, 6) is 0.469. The van der Waals surface area contributed by atoms with E-state index in [1.54, 1.807) is 24.6 Å². The van der Waals surface area contributed by atoms with Gasteiger partial charge >= 0.3 is 11.9 Å². The molecule has 1 saturated carbocycles. The van der Waals surface area contributed by atoms with Crippen molar-refractivity contribution in [2.75, 3.05) is 5.32 Å². The van der Waals surface area contributed by atoms with Crippen molar-refractivity contribution in [3.63, 3.8) is 0 Å². The van der Waals surface area contributed by atoms with Crippen molar-refractivity contribution < 1.29 is 13.2 Å². The van der Waals surface area contributed by atoms with Crippen LogP contribution in [-0.2, 0) is 13.2 Å². The molecule has 0 radical (unpaired) electrons. The average Bonchev–Trinajstić information content (AvgIpc) is 3.56. The van der Waals surface area contributed by atoms with Crippen LogP contribution in [0.1, 0.15) is 48.7 Å². The lowest BCUT2D eigenvalue weighted by Crippen LogP contribution is -2.21. The summed E-state index contributed by atoms with van der Waals surface area (Å²) in [4.78, 5) is 12.8. The number of rotatable bonds is 4. The molecule has 2 aromatic heterocycles. The molecule has 0 aliphatic heterocycles. The molecule has 9 heteroatoms. The highest BCUT2D eigenvalue weighted by molar-refractivity contribution is 6.01. The minimum Gasteiger partial charge on any atom is -0.362 e. The van der Waals surface area contributed by atoms with Crippen LogP contribution in [0, 0.1) is 6.92 Å². The summed E-state index contributed by atoms with van der Waals surface area (Å²) < 4.78 is 42.9. The van der Waals surface area contributed by atoms with Crippen LogP contribution in [0.2, 0.25) is 0 Å². The van der Waals surface area contributed by atoms with Crippen molar-refractivity contribution in [2.24, 2.45) is 7.05 Å². The summed E-state index contributed by atoms with van der Waals surface area (Å²) in [6, 6.07) is 8.90. The molecule has 0 bridgehead atoms. The molecule has 2 aromatic carbocycles. The number of aryl methyl sites for hydroxylation is 2. The van der Waals surface area contributed by atoms with E-state index >= 15 is 0 Å². The number of imidazole rings is 1. The molecule has 0 unspecified atom stereocenters. The van der Waals surface area contributed by atoms with Crippen LogP contribution in [0.4, 0.5) is 19.0 Å². The molecule has 0 saturated heterocycles. The van der Waals surface area contributed by atoms with Crippen LogP contribution in [0.15, 0.2) is 41.2 Å². The van der Waals surface area contributed by atoms with Crippen LogP contribution in [0.3, 0.4) is 0 Å². The Morgan fingerprint density at radius 1 is 1.09 bits per heavy atom. The minimum atomic E-state index is -4.41. The van der Waals surface area contributed by atoms with E-state index in [1.165, 1.54) is 6.07 Å². The lowest BCUT2D eigenvalue weighted by atomic mass is 10.0. The van der Waals surface area contributed by atoms with Gasteiger partial charge < -0.3 is 5.32 Å². The Morgan fingerprint density at radius 2 is 1.81 bits per heavy atom. The van der Waals surface area contributed by atoms with E-state index < -0.39 is 17.8 Å². The van der Waals surface area contributed by atoms with E-state index in [0.29, 0.717) is 17.1 Å². The Labute approximate surface area is 181 Å². The van der Waals surface area contributed by atoms with Gasteiger partial charge in [0.2, 0.25) is 0 Å². The highest BCUT2D eigenvalue weighted by Crippen LogP contribution is 2.38. The summed E-state index contributed by atoms with van der Waals surface area (Å²) in [7, 11) is 1.76. The van der Waals surface area contributed by atoms with Gasteiger partial charge in [-0.3, -0.25) is 9.13 Å². The number of alkyl halides is 3. The predicted molar refractivity (Wildman–Crippen MR) is 117 cm³/mol. The molecule has 2 heterocycles. The highest BCUT2D eigenvalue weighted by Gasteiger charge is 2.31. The quantitative estimate of drug-likeness (QED) is 0.478. The smallest absolute Gasteiger partial charge is 0.362 e. The van der Waals surface area contributed by atoms with E-state index in [1.807, 2.05) is 23.6 Å². The molecule has 1 aliphatic carbocycles. The Balaban J connectivity index is 1.62. The van der Waals surface area contributed by atoms with E-state index in [9.17, 15) is 18.0 Å². The number of nitrogens with zero attached hydrogens (tertiary/aromatic N) is 4. The van der Waals surface area contributed by atoms with E-state index in [4.69, 9.17) is 0 Å². The fourth-order valence-corrected chi connectivity index (χ4v) is 4.20. The number of anilines is 1. The largest absolute Gasteiger partial charge is 0.416 e. The van der Waals surface area contributed by atoms with Crippen molar-refractivity contribution in [1.82, 2.24) is 19.3 Å². The summed E-state index contributed by atoms with van der Waals surface area (Å²) in [5.41, 5.74) is 2.11. The maximum absolute atomic E-state index is 13.1. The first kappa shape index (κ1) is 20.5. The van der Waals surface area contributed by atoms with Crippen molar-refractivity contribution in [3.8, 4) is 0 Å². The van der Waals surface area contributed by atoms with E-state index in [-0.39, 0.29) is 11.7 Å². The normalized spacial score (nSPS) is 15.4. The zero-order valence-corrected chi connectivity index (χ0v) is 17.9. The van der Waals surface area contributed by atoms with Gasteiger partial charge in [-0.25, -0.2) is 4.79 Å². The number of aromatic nitrogens is 4. The third-order valence-corrected chi connectivity index (χ3v) is 6.15. The molecule has 166 valence electrons. The molecule has 0 amide bonds. The van der Waals surface area contributed by atoms with Crippen molar-refractivity contribution in [3.05, 3.63) is 63.7 Å². The topological polar surface area (TPSA) is 64.7 Å². The fraction of sp³-hybridized carbons (Fsp3) is 0.348. The zero-order chi connectivity index (χ0) is 22.8. The Kier molecular flexibility index (Phi) is 4.54. The van der Waals surface area contributed by atoms with Gasteiger partial charge in [0.05, 0.1) is 28.3 Å². The molecule has 1 N–H and O–H groups in total. The van der Waals surface area contributed by atoms with Gasteiger partial charge in [0.15, 0.2) is 5.82 Å². The first-order valence-electron chi connectivity index (χ1n) is 10.5.